The quantitative estimate of drug-likeness (QED) is 0.137. The summed E-state index contributed by atoms with van der Waals surface area (Å²) in [6.07, 6.45) is 5.76. The molecule has 7 rings (SSSR count). The second-order valence-corrected chi connectivity index (χ2v) is 16.0. The van der Waals surface area contributed by atoms with Gasteiger partial charge in [0.2, 0.25) is 5.91 Å². The molecule has 12 nitrogen and oxygen atoms in total. The molecule has 6 bridgehead atoms. The minimum absolute atomic E-state index is 0. The standard InChI is InChI=1S/C29H38F2NO11S.Rf/c1-27(2,3)32-23-17-7-18(24(23)42-20(34)12-40-11-19(33)41-13-29(30,31)44(37,38)39)22(21(17)25(32)35)26(36)43-28-8-14-4-15(9-28)6-16(5-14)10-28;/h13-18,21-24H,4-12H2,1-3H3,(H,37,38,39);/q-1;/p-1. The van der Waals surface area contributed by atoms with Crippen LogP contribution in [0.1, 0.15) is 65.7 Å². The number of esters is 3. The Hall–Kier alpha value is -3.39. The third kappa shape index (κ3) is 5.64. The van der Waals surface area contributed by atoms with Crippen LogP contribution in [-0.4, -0.2) is 83.4 Å². The molecule has 1 amide bonds. The van der Waals surface area contributed by atoms with E-state index in [2.05, 4.69) is 4.74 Å². The zero-order chi connectivity index (χ0) is 32.0. The number of likely N-dealkylation sites (tertiary alicyclic amines) is 1. The number of halogens is 2. The van der Waals surface area contributed by atoms with Crippen LogP contribution in [0.25, 0.3) is 0 Å². The van der Waals surface area contributed by atoms with E-state index in [-0.39, 0.29) is 11.8 Å². The van der Waals surface area contributed by atoms with Crippen LogP contribution >= 0.6 is 0 Å². The largest absolute Gasteiger partial charge is 0.746 e. The van der Waals surface area contributed by atoms with Crippen molar-refractivity contribution in [3.8, 4) is 0 Å². The van der Waals surface area contributed by atoms with Crippen molar-refractivity contribution in [1.29, 1.82) is 0 Å². The van der Waals surface area contributed by atoms with Gasteiger partial charge in [0.05, 0.1) is 17.9 Å². The first kappa shape index (κ1) is 33.0. The van der Waals surface area contributed by atoms with Crippen molar-refractivity contribution in [3.05, 3.63) is 6.61 Å². The summed E-state index contributed by atoms with van der Waals surface area (Å²) in [6.45, 7) is 3.09. The summed E-state index contributed by atoms with van der Waals surface area (Å²) in [5.74, 6) is -3.24. The smallest absolute Gasteiger partial charge is 0.332 e. The number of alkyl halides is 2. The fraction of sp³-hybridized carbons (Fsp3) is 0.828. The molecule has 1 heterocycles. The molecule has 7 fully saturated rings. The number of carbonyl (C=O) groups is 4. The van der Waals surface area contributed by atoms with Gasteiger partial charge in [-0.2, -0.15) is 0 Å². The van der Waals surface area contributed by atoms with Crippen molar-refractivity contribution in [1.82, 2.24) is 4.90 Å². The van der Waals surface area contributed by atoms with Gasteiger partial charge in [-0.3, -0.25) is 14.4 Å². The third-order valence-electron chi connectivity index (χ3n) is 10.5. The molecular formula is C29H37F2NO11RfS-2. The average molecular weight is 913 g/mol. The topological polar surface area (TPSA) is 166 Å². The molecule has 1 aliphatic heterocycles. The molecule has 6 atom stereocenters. The van der Waals surface area contributed by atoms with Gasteiger partial charge >= 0.3 is 17.9 Å². The van der Waals surface area contributed by atoms with Gasteiger partial charge in [-0.25, -0.2) is 22.0 Å². The Kier molecular flexibility index (Phi) is 7.96. The Labute approximate surface area is 254 Å². The van der Waals surface area contributed by atoms with E-state index in [1.54, 1.807) is 4.90 Å². The van der Waals surface area contributed by atoms with Crippen molar-refractivity contribution in [2.75, 3.05) is 13.2 Å². The number of amides is 1. The number of nitrogens with zero attached hydrogens (tertiary/aromatic N) is 1. The maximum atomic E-state index is 14.0. The van der Waals surface area contributed by atoms with Crippen molar-refractivity contribution < 1.29 is 59.9 Å². The fourth-order valence-electron chi connectivity index (χ4n) is 9.63. The van der Waals surface area contributed by atoms with Crippen LogP contribution in [0.2, 0.25) is 0 Å². The van der Waals surface area contributed by atoms with Gasteiger partial charge < -0.3 is 28.4 Å². The number of hydrogen-bond donors (Lipinski definition) is 0. The zero-order valence-electron chi connectivity index (χ0n) is 25.4. The molecular weight excluding hydrogens is 875 g/mol. The first-order chi connectivity index (χ1) is 20.4. The Balaban J connectivity index is 0.00000400. The molecule has 16 heteroatoms. The number of fused-ring (bicyclic) bond motifs is 1. The number of carbonyl (C=O) groups excluding carboxylic acids is 4. The molecule has 45 heavy (non-hydrogen) atoms. The van der Waals surface area contributed by atoms with Crippen molar-refractivity contribution in [2.24, 2.45) is 41.4 Å². The summed E-state index contributed by atoms with van der Waals surface area (Å²) >= 11 is 0. The monoisotopic (exact) mass is 912 g/mol. The minimum Gasteiger partial charge on any atom is -0.746 e. The van der Waals surface area contributed by atoms with Crippen LogP contribution in [0.15, 0.2) is 0 Å². The molecule has 0 aromatic rings. The predicted molar refractivity (Wildman–Crippen MR) is 142 cm³/mol. The van der Waals surface area contributed by atoms with E-state index in [4.69, 9.17) is 14.2 Å². The van der Waals surface area contributed by atoms with E-state index in [1.165, 1.54) is 19.3 Å². The van der Waals surface area contributed by atoms with Crippen LogP contribution in [0.3, 0.4) is 0 Å². The maximum absolute atomic E-state index is 14.0. The van der Waals surface area contributed by atoms with Crippen LogP contribution in [0.4, 0.5) is 8.78 Å². The van der Waals surface area contributed by atoms with Crippen LogP contribution in [0.5, 0.6) is 0 Å². The molecule has 0 aromatic carbocycles. The van der Waals surface area contributed by atoms with Gasteiger partial charge in [0.25, 0.3) is 5.25 Å². The summed E-state index contributed by atoms with van der Waals surface area (Å²) in [5.41, 5.74) is -1.12. The Morgan fingerprint density at radius 3 is 2.07 bits per heavy atom. The Morgan fingerprint density at radius 1 is 0.978 bits per heavy atom. The molecule has 0 radical (unpaired) electrons. The Morgan fingerprint density at radius 2 is 1.53 bits per heavy atom. The van der Waals surface area contributed by atoms with Gasteiger partial charge in [-0.15, -0.1) is 0 Å². The molecule has 6 unspecified atom stereocenters. The summed E-state index contributed by atoms with van der Waals surface area (Å²) in [5, 5.41) is -4.94. The van der Waals surface area contributed by atoms with E-state index in [1.807, 2.05) is 20.8 Å². The fourth-order valence-corrected chi connectivity index (χ4v) is 9.80. The third-order valence-corrected chi connectivity index (χ3v) is 11.3. The van der Waals surface area contributed by atoms with Crippen LogP contribution < -0.4 is 0 Å². The van der Waals surface area contributed by atoms with Gasteiger partial charge in [0.1, 0.15) is 35.0 Å². The van der Waals surface area contributed by atoms with Gasteiger partial charge in [-0.1, -0.05) is 6.61 Å². The SMILES string of the molecule is CC(C)(C)N1C(=O)C2C3CC(C(OC(=O)COCC(=O)O[CH-]C(F)(F)S(=O)(=O)[O-])C31)C2C(=O)OC12CC3CC(CC(C3)C1)C2.[Rf]. The molecule has 6 saturated carbocycles. The van der Waals surface area contributed by atoms with Gasteiger partial charge in [0, 0.05) is 11.5 Å². The van der Waals surface area contributed by atoms with E-state index < -0.39 is 94.1 Å². The molecule has 0 aromatic heterocycles. The van der Waals surface area contributed by atoms with Crippen molar-refractivity contribution in [3.63, 3.8) is 0 Å². The van der Waals surface area contributed by atoms with Crippen molar-refractivity contribution >= 4 is 33.9 Å². The summed E-state index contributed by atoms with van der Waals surface area (Å²) in [6, 6.07) is -0.458. The molecule has 248 valence electrons. The average Bonchev–Trinajstić information content (AvgIpc) is 3.48. The van der Waals surface area contributed by atoms with E-state index in [0.717, 1.165) is 19.3 Å². The van der Waals surface area contributed by atoms with Crippen LogP contribution in [0, 0.1) is 48.0 Å². The van der Waals surface area contributed by atoms with Crippen LogP contribution in [-0.2, 0) is 48.2 Å². The molecule has 0 N–H and O–H groups in total. The van der Waals surface area contributed by atoms with E-state index in [9.17, 15) is 40.9 Å². The summed E-state index contributed by atoms with van der Waals surface area (Å²) < 4.78 is 78.9. The van der Waals surface area contributed by atoms with Crippen molar-refractivity contribution in [2.45, 2.75) is 94.3 Å². The molecule has 1 saturated heterocycles. The van der Waals surface area contributed by atoms with Gasteiger partial charge in [0.15, 0.2) is 0 Å². The molecule has 6 aliphatic carbocycles. The number of hydrogen-bond acceptors (Lipinski definition) is 11. The second kappa shape index (κ2) is 10.9. The minimum atomic E-state index is -6.09. The van der Waals surface area contributed by atoms with E-state index in [0.29, 0.717) is 24.2 Å². The second-order valence-electron chi connectivity index (χ2n) is 14.6. The number of ether oxygens (including phenoxy) is 4. The first-order valence-electron chi connectivity index (χ1n) is 15.1. The maximum Gasteiger partial charge on any atom is 0.332 e. The normalized spacial score (nSPS) is 37.9. The molecule has 7 aliphatic rings. The number of rotatable bonds is 10. The summed E-state index contributed by atoms with van der Waals surface area (Å²) in [4.78, 5) is 54.0. The van der Waals surface area contributed by atoms with E-state index >= 15 is 0 Å². The van der Waals surface area contributed by atoms with Gasteiger partial charge in [-0.05, 0) is 89.4 Å². The Bertz CT molecular complexity index is 1320. The predicted octanol–water partition coefficient (Wildman–Crippen LogP) is 2.16. The zero-order valence-corrected chi connectivity index (χ0v) is 32.7. The first-order valence-corrected chi connectivity index (χ1v) is 16.5. The summed E-state index contributed by atoms with van der Waals surface area (Å²) in [7, 11) is -6.09. The molecule has 0 spiro atoms.